The highest BCUT2D eigenvalue weighted by Gasteiger charge is 2.30. The van der Waals surface area contributed by atoms with E-state index >= 15 is 0 Å². The van der Waals surface area contributed by atoms with Crippen LogP contribution in [0.5, 0.6) is 0 Å². The standard InChI is InChI=1S/C17H20F3N3OS2/c18-17(19,20)12-8-6-11(7-9-12)14(24)10-25-16-23-22-15(26-16)21-13-4-2-1-3-5-13/h6-9,13-14,24H,1-5,10H2,(H,21,22). The van der Waals surface area contributed by atoms with Crippen LogP contribution in [-0.4, -0.2) is 27.1 Å². The van der Waals surface area contributed by atoms with Crippen molar-refractivity contribution in [2.45, 2.75) is 54.8 Å². The molecule has 1 saturated carbocycles. The van der Waals surface area contributed by atoms with Crippen molar-refractivity contribution in [1.82, 2.24) is 10.2 Å². The molecule has 1 aromatic carbocycles. The Labute approximate surface area is 158 Å². The van der Waals surface area contributed by atoms with E-state index in [-0.39, 0.29) is 0 Å². The molecular weight excluding hydrogens is 383 g/mol. The van der Waals surface area contributed by atoms with Gasteiger partial charge in [0.15, 0.2) is 4.34 Å². The van der Waals surface area contributed by atoms with Crippen molar-refractivity contribution in [1.29, 1.82) is 0 Å². The van der Waals surface area contributed by atoms with Crippen LogP contribution >= 0.6 is 23.1 Å². The van der Waals surface area contributed by atoms with Gasteiger partial charge < -0.3 is 10.4 Å². The molecule has 1 aliphatic carbocycles. The average Bonchev–Trinajstić information content (AvgIpc) is 3.07. The molecule has 2 aromatic rings. The molecule has 142 valence electrons. The van der Waals surface area contributed by atoms with Crippen LogP contribution in [0.15, 0.2) is 28.6 Å². The van der Waals surface area contributed by atoms with Gasteiger partial charge in [-0.25, -0.2) is 0 Å². The average molecular weight is 403 g/mol. The number of hydrogen-bond acceptors (Lipinski definition) is 6. The quantitative estimate of drug-likeness (QED) is 0.655. The third-order valence-corrected chi connectivity index (χ3v) is 6.39. The number of benzene rings is 1. The summed E-state index contributed by atoms with van der Waals surface area (Å²) in [7, 11) is 0. The largest absolute Gasteiger partial charge is 0.416 e. The summed E-state index contributed by atoms with van der Waals surface area (Å²) in [6, 6.07) is 5.04. The number of halogens is 3. The summed E-state index contributed by atoms with van der Waals surface area (Å²) < 4.78 is 38.5. The van der Waals surface area contributed by atoms with Gasteiger partial charge in [0, 0.05) is 11.8 Å². The van der Waals surface area contributed by atoms with Gasteiger partial charge in [0.1, 0.15) is 0 Å². The van der Waals surface area contributed by atoms with Crippen molar-refractivity contribution in [2.24, 2.45) is 0 Å². The molecule has 0 amide bonds. The van der Waals surface area contributed by atoms with Crippen LogP contribution in [0, 0.1) is 0 Å². The normalized spacial score (nSPS) is 17.2. The maximum absolute atomic E-state index is 12.6. The first-order chi connectivity index (χ1) is 12.4. The Balaban J connectivity index is 1.50. The number of nitrogens with zero attached hydrogens (tertiary/aromatic N) is 2. The fourth-order valence-electron chi connectivity index (χ4n) is 2.89. The van der Waals surface area contributed by atoms with Crippen molar-refractivity contribution in [3.63, 3.8) is 0 Å². The zero-order valence-electron chi connectivity index (χ0n) is 14.0. The number of aliphatic hydroxyl groups excluding tert-OH is 1. The fourth-order valence-corrected chi connectivity index (χ4v) is 4.71. The molecular formula is C17H20F3N3OS2. The lowest BCUT2D eigenvalue weighted by Crippen LogP contribution is -2.21. The van der Waals surface area contributed by atoms with Gasteiger partial charge in [-0.3, -0.25) is 0 Å². The van der Waals surface area contributed by atoms with E-state index in [0.717, 1.165) is 34.4 Å². The number of hydrogen-bond donors (Lipinski definition) is 2. The van der Waals surface area contributed by atoms with E-state index in [1.165, 1.54) is 54.5 Å². The Kier molecular flexibility index (Phi) is 6.42. The number of rotatable bonds is 6. The molecule has 2 N–H and O–H groups in total. The predicted molar refractivity (Wildman–Crippen MR) is 97.5 cm³/mol. The molecule has 3 rings (SSSR count). The predicted octanol–water partition coefficient (Wildman–Crippen LogP) is 5.13. The summed E-state index contributed by atoms with van der Waals surface area (Å²) >= 11 is 2.79. The van der Waals surface area contributed by atoms with Crippen LogP contribution in [0.4, 0.5) is 18.3 Å². The SMILES string of the molecule is OC(CSc1nnc(NC2CCCCC2)s1)c1ccc(C(F)(F)F)cc1. The second-order valence-corrected chi connectivity index (χ2v) is 8.54. The molecule has 0 radical (unpaired) electrons. The lowest BCUT2D eigenvalue weighted by molar-refractivity contribution is -0.137. The minimum absolute atomic E-state index is 0.309. The molecule has 0 aliphatic heterocycles. The first-order valence-electron chi connectivity index (χ1n) is 8.50. The summed E-state index contributed by atoms with van der Waals surface area (Å²) in [4.78, 5) is 0. The topological polar surface area (TPSA) is 58.0 Å². The van der Waals surface area contributed by atoms with Crippen molar-refractivity contribution >= 4 is 28.2 Å². The van der Waals surface area contributed by atoms with Gasteiger partial charge in [-0.15, -0.1) is 10.2 Å². The van der Waals surface area contributed by atoms with Gasteiger partial charge in [-0.05, 0) is 30.5 Å². The third kappa shape index (κ3) is 5.34. The fraction of sp³-hybridized carbons (Fsp3) is 0.529. The summed E-state index contributed by atoms with van der Waals surface area (Å²) in [5, 5.41) is 22.6. The second-order valence-electron chi connectivity index (χ2n) is 6.30. The smallest absolute Gasteiger partial charge is 0.388 e. The number of alkyl halides is 3. The molecule has 1 unspecified atom stereocenters. The van der Waals surface area contributed by atoms with E-state index in [9.17, 15) is 18.3 Å². The Morgan fingerprint density at radius 3 is 2.50 bits per heavy atom. The molecule has 0 saturated heterocycles. The zero-order chi connectivity index (χ0) is 18.6. The Bertz CT molecular complexity index is 700. The van der Waals surface area contributed by atoms with Gasteiger partial charge in [0.2, 0.25) is 5.13 Å². The molecule has 4 nitrogen and oxygen atoms in total. The molecule has 0 spiro atoms. The third-order valence-electron chi connectivity index (χ3n) is 4.33. The number of anilines is 1. The van der Waals surface area contributed by atoms with Gasteiger partial charge in [0.25, 0.3) is 0 Å². The van der Waals surface area contributed by atoms with Crippen molar-refractivity contribution < 1.29 is 18.3 Å². The van der Waals surface area contributed by atoms with Crippen LogP contribution in [0.3, 0.4) is 0 Å². The van der Waals surface area contributed by atoms with E-state index in [4.69, 9.17) is 0 Å². The summed E-state index contributed by atoms with van der Waals surface area (Å²) in [5.41, 5.74) is -0.265. The molecule has 1 aliphatic rings. The highest BCUT2D eigenvalue weighted by atomic mass is 32.2. The maximum Gasteiger partial charge on any atom is 0.416 e. The first-order valence-corrected chi connectivity index (χ1v) is 10.3. The van der Waals surface area contributed by atoms with Crippen LogP contribution in [0.1, 0.15) is 49.3 Å². The molecule has 26 heavy (non-hydrogen) atoms. The minimum Gasteiger partial charge on any atom is -0.388 e. The van der Waals surface area contributed by atoms with Gasteiger partial charge in [-0.2, -0.15) is 13.2 Å². The highest BCUT2D eigenvalue weighted by Crippen LogP contribution is 2.33. The van der Waals surface area contributed by atoms with Crippen molar-refractivity contribution in [3.8, 4) is 0 Å². The number of aliphatic hydroxyl groups is 1. The van der Waals surface area contributed by atoms with E-state index in [2.05, 4.69) is 15.5 Å². The Morgan fingerprint density at radius 1 is 1.15 bits per heavy atom. The number of thioether (sulfide) groups is 1. The van der Waals surface area contributed by atoms with Gasteiger partial charge >= 0.3 is 6.18 Å². The molecule has 1 fully saturated rings. The van der Waals surface area contributed by atoms with Crippen LogP contribution in [0.2, 0.25) is 0 Å². The Hall–Kier alpha value is -1.32. The zero-order valence-corrected chi connectivity index (χ0v) is 15.6. The number of nitrogens with one attached hydrogen (secondary N) is 1. The summed E-state index contributed by atoms with van der Waals surface area (Å²) in [5.74, 6) is 0.309. The molecule has 9 heteroatoms. The second kappa shape index (κ2) is 8.58. The van der Waals surface area contributed by atoms with E-state index < -0.39 is 17.8 Å². The van der Waals surface area contributed by atoms with Gasteiger partial charge in [0.05, 0.1) is 11.7 Å². The van der Waals surface area contributed by atoms with E-state index in [1.54, 1.807) is 0 Å². The van der Waals surface area contributed by atoms with Gasteiger partial charge in [-0.1, -0.05) is 54.5 Å². The molecule has 1 aromatic heterocycles. The van der Waals surface area contributed by atoms with Crippen LogP contribution < -0.4 is 5.32 Å². The lowest BCUT2D eigenvalue weighted by Gasteiger charge is -2.21. The van der Waals surface area contributed by atoms with Crippen molar-refractivity contribution in [2.75, 3.05) is 11.1 Å². The highest BCUT2D eigenvalue weighted by molar-refractivity contribution is 8.01. The Morgan fingerprint density at radius 2 is 1.85 bits per heavy atom. The number of aromatic nitrogens is 2. The monoisotopic (exact) mass is 403 g/mol. The van der Waals surface area contributed by atoms with Crippen LogP contribution in [0.25, 0.3) is 0 Å². The van der Waals surface area contributed by atoms with Crippen molar-refractivity contribution in [3.05, 3.63) is 35.4 Å². The van der Waals surface area contributed by atoms with E-state index in [0.29, 0.717) is 17.4 Å². The lowest BCUT2D eigenvalue weighted by atomic mass is 9.96. The molecule has 1 heterocycles. The first kappa shape index (κ1) is 19.4. The van der Waals surface area contributed by atoms with E-state index in [1.807, 2.05) is 0 Å². The maximum atomic E-state index is 12.6. The summed E-state index contributed by atoms with van der Waals surface area (Å²) in [6.45, 7) is 0. The summed E-state index contributed by atoms with van der Waals surface area (Å²) in [6.07, 6.45) is 0.822. The minimum atomic E-state index is -4.37. The molecule has 0 bridgehead atoms. The molecule has 1 atom stereocenters. The van der Waals surface area contributed by atoms with Crippen LogP contribution in [-0.2, 0) is 6.18 Å².